The molecule has 0 bridgehead atoms. The lowest BCUT2D eigenvalue weighted by Gasteiger charge is -2.33. The molecule has 0 radical (unpaired) electrons. The summed E-state index contributed by atoms with van der Waals surface area (Å²) in [5.74, 6) is 2.36. The van der Waals surface area contributed by atoms with Crippen LogP contribution < -0.4 is 9.47 Å². The van der Waals surface area contributed by atoms with Gasteiger partial charge < -0.3 is 19.3 Å². The predicted octanol–water partition coefficient (Wildman–Crippen LogP) is 2.47. The molecular formula is C23H35N3O3. The van der Waals surface area contributed by atoms with Crippen LogP contribution in [0.1, 0.15) is 31.2 Å². The third kappa shape index (κ3) is 4.53. The first-order valence-electron chi connectivity index (χ1n) is 10.9. The van der Waals surface area contributed by atoms with Crippen LogP contribution in [0.3, 0.4) is 0 Å². The van der Waals surface area contributed by atoms with Gasteiger partial charge in [-0.3, -0.25) is 9.69 Å². The van der Waals surface area contributed by atoms with Crippen LogP contribution in [-0.4, -0.2) is 81.1 Å². The Balaban J connectivity index is 1.30. The molecule has 3 aliphatic rings. The molecule has 0 unspecified atom stereocenters. The Morgan fingerprint density at radius 2 is 1.69 bits per heavy atom. The minimum Gasteiger partial charge on any atom is -0.497 e. The van der Waals surface area contributed by atoms with Gasteiger partial charge >= 0.3 is 0 Å². The molecule has 0 N–H and O–H groups in total. The molecule has 2 heterocycles. The van der Waals surface area contributed by atoms with Crippen LogP contribution in [0.2, 0.25) is 0 Å². The van der Waals surface area contributed by atoms with Crippen LogP contribution in [-0.2, 0) is 11.3 Å². The van der Waals surface area contributed by atoms with E-state index in [-0.39, 0.29) is 11.3 Å². The molecular weight excluding hydrogens is 366 g/mol. The van der Waals surface area contributed by atoms with Gasteiger partial charge in [0.1, 0.15) is 11.5 Å². The Labute approximate surface area is 174 Å². The van der Waals surface area contributed by atoms with Gasteiger partial charge in [0, 0.05) is 38.2 Å². The summed E-state index contributed by atoms with van der Waals surface area (Å²) in [6, 6.07) is 6.09. The molecule has 1 aromatic carbocycles. The normalized spacial score (nSPS) is 24.9. The topological polar surface area (TPSA) is 45.2 Å². The van der Waals surface area contributed by atoms with Gasteiger partial charge in [-0.05, 0) is 75.5 Å². The molecule has 1 atom stereocenters. The maximum absolute atomic E-state index is 13.1. The SMILES string of the molecule is COc1cc(CN2CCC3(CC2)C[C@H]3C(=O)N2CCCN(C)CC2)cc(OC)c1. The van der Waals surface area contributed by atoms with Crippen LogP contribution >= 0.6 is 0 Å². The Kier molecular flexibility index (Phi) is 6.02. The van der Waals surface area contributed by atoms with E-state index in [9.17, 15) is 4.79 Å². The number of likely N-dealkylation sites (N-methyl/N-ethyl adjacent to an activating group) is 1. The van der Waals surface area contributed by atoms with Crippen LogP contribution in [0.15, 0.2) is 18.2 Å². The second-order valence-electron chi connectivity index (χ2n) is 9.10. The third-order valence-corrected chi connectivity index (χ3v) is 7.19. The lowest BCUT2D eigenvalue weighted by atomic mass is 9.90. The number of ether oxygens (including phenoxy) is 2. The van der Waals surface area contributed by atoms with Crippen LogP contribution in [0, 0.1) is 11.3 Å². The van der Waals surface area contributed by atoms with E-state index < -0.39 is 0 Å². The van der Waals surface area contributed by atoms with Gasteiger partial charge in [0.25, 0.3) is 0 Å². The van der Waals surface area contributed by atoms with Crippen molar-refractivity contribution in [2.45, 2.75) is 32.2 Å². The van der Waals surface area contributed by atoms with Crippen molar-refractivity contribution in [3.8, 4) is 11.5 Å². The van der Waals surface area contributed by atoms with Crippen molar-refractivity contribution in [3.05, 3.63) is 23.8 Å². The molecule has 3 fully saturated rings. The van der Waals surface area contributed by atoms with Gasteiger partial charge in [-0.15, -0.1) is 0 Å². The number of likely N-dealkylation sites (tertiary alicyclic amines) is 1. The summed E-state index contributed by atoms with van der Waals surface area (Å²) >= 11 is 0. The number of piperidine rings is 1. The lowest BCUT2D eigenvalue weighted by molar-refractivity contribution is -0.133. The molecule has 2 aliphatic heterocycles. The number of hydrogen-bond acceptors (Lipinski definition) is 5. The highest BCUT2D eigenvalue weighted by atomic mass is 16.5. The smallest absolute Gasteiger partial charge is 0.226 e. The van der Waals surface area contributed by atoms with E-state index in [2.05, 4.69) is 33.9 Å². The number of carbonyl (C=O) groups is 1. The number of carbonyl (C=O) groups excluding carboxylic acids is 1. The Bertz CT molecular complexity index is 708. The Morgan fingerprint density at radius 1 is 1.00 bits per heavy atom. The summed E-state index contributed by atoms with van der Waals surface area (Å²) in [4.78, 5) is 20.0. The molecule has 1 saturated carbocycles. The largest absolute Gasteiger partial charge is 0.497 e. The summed E-state index contributed by atoms with van der Waals surface area (Å²) in [5.41, 5.74) is 1.49. The molecule has 1 spiro atoms. The first kappa shape index (κ1) is 20.5. The molecule has 1 aromatic rings. The van der Waals surface area contributed by atoms with Gasteiger partial charge in [-0.25, -0.2) is 0 Å². The number of methoxy groups -OCH3 is 2. The van der Waals surface area contributed by atoms with E-state index in [0.29, 0.717) is 5.91 Å². The van der Waals surface area contributed by atoms with Gasteiger partial charge in [0.15, 0.2) is 0 Å². The van der Waals surface area contributed by atoms with Gasteiger partial charge in [0.2, 0.25) is 5.91 Å². The molecule has 6 heteroatoms. The van der Waals surface area contributed by atoms with Crippen molar-refractivity contribution in [3.63, 3.8) is 0 Å². The first-order chi connectivity index (χ1) is 14.0. The predicted molar refractivity (Wildman–Crippen MR) is 113 cm³/mol. The van der Waals surface area contributed by atoms with E-state index in [4.69, 9.17) is 9.47 Å². The van der Waals surface area contributed by atoms with Crippen molar-refractivity contribution in [1.29, 1.82) is 0 Å². The fourth-order valence-electron chi connectivity index (χ4n) is 5.11. The summed E-state index contributed by atoms with van der Waals surface area (Å²) in [7, 11) is 5.53. The zero-order valence-electron chi connectivity index (χ0n) is 18.2. The molecule has 4 rings (SSSR count). The van der Waals surface area contributed by atoms with E-state index in [1.165, 1.54) is 5.56 Å². The number of amides is 1. The zero-order chi connectivity index (χ0) is 20.4. The molecule has 0 aromatic heterocycles. The molecule has 1 aliphatic carbocycles. The van der Waals surface area contributed by atoms with Crippen molar-refractivity contribution < 1.29 is 14.3 Å². The molecule has 160 valence electrons. The zero-order valence-corrected chi connectivity index (χ0v) is 18.2. The monoisotopic (exact) mass is 401 g/mol. The van der Waals surface area contributed by atoms with Crippen LogP contribution in [0.4, 0.5) is 0 Å². The minimum absolute atomic E-state index is 0.268. The second-order valence-corrected chi connectivity index (χ2v) is 9.10. The quantitative estimate of drug-likeness (QED) is 0.759. The lowest BCUT2D eigenvalue weighted by Crippen LogP contribution is -2.39. The fraction of sp³-hybridized carbons (Fsp3) is 0.696. The van der Waals surface area contributed by atoms with E-state index in [1.807, 2.05) is 6.07 Å². The molecule has 29 heavy (non-hydrogen) atoms. The second kappa shape index (κ2) is 8.52. The van der Waals surface area contributed by atoms with E-state index in [0.717, 1.165) is 83.0 Å². The van der Waals surface area contributed by atoms with Crippen molar-refractivity contribution in [2.24, 2.45) is 11.3 Å². The number of hydrogen-bond donors (Lipinski definition) is 0. The summed E-state index contributed by atoms with van der Waals surface area (Å²) < 4.78 is 10.8. The standard InChI is InChI=1S/C23H35N3O3/c1-24-7-4-8-26(12-11-24)22(27)21-16-23(21)5-9-25(10-6-23)17-18-13-19(28-2)15-20(14-18)29-3/h13-15,21H,4-12,16-17H2,1-3H3/t21-/m0/s1. The maximum Gasteiger partial charge on any atom is 0.226 e. The minimum atomic E-state index is 0.268. The average Bonchev–Trinajstić information content (AvgIpc) is 3.48. The van der Waals surface area contributed by atoms with Crippen molar-refractivity contribution in [1.82, 2.24) is 14.7 Å². The van der Waals surface area contributed by atoms with Gasteiger partial charge in [0.05, 0.1) is 14.2 Å². The van der Waals surface area contributed by atoms with Crippen LogP contribution in [0.5, 0.6) is 11.5 Å². The number of benzene rings is 1. The average molecular weight is 402 g/mol. The highest BCUT2D eigenvalue weighted by molar-refractivity contribution is 5.82. The van der Waals surface area contributed by atoms with Crippen molar-refractivity contribution >= 4 is 5.91 Å². The summed E-state index contributed by atoms with van der Waals surface area (Å²) in [5, 5.41) is 0. The van der Waals surface area contributed by atoms with E-state index in [1.54, 1.807) is 14.2 Å². The Hall–Kier alpha value is -1.79. The highest BCUT2D eigenvalue weighted by Crippen LogP contribution is 2.60. The maximum atomic E-state index is 13.1. The number of rotatable bonds is 5. The van der Waals surface area contributed by atoms with Gasteiger partial charge in [-0.2, -0.15) is 0 Å². The summed E-state index contributed by atoms with van der Waals surface area (Å²) in [6.07, 6.45) is 4.47. The molecule has 1 amide bonds. The van der Waals surface area contributed by atoms with E-state index >= 15 is 0 Å². The van der Waals surface area contributed by atoms with Crippen molar-refractivity contribution in [2.75, 3.05) is 60.5 Å². The van der Waals surface area contributed by atoms with Crippen LogP contribution in [0.25, 0.3) is 0 Å². The number of nitrogens with zero attached hydrogens (tertiary/aromatic N) is 3. The summed E-state index contributed by atoms with van der Waals surface area (Å²) in [6.45, 7) is 6.96. The fourth-order valence-corrected chi connectivity index (χ4v) is 5.11. The highest BCUT2D eigenvalue weighted by Gasteiger charge is 2.59. The Morgan fingerprint density at radius 3 is 2.34 bits per heavy atom. The molecule has 2 saturated heterocycles. The third-order valence-electron chi connectivity index (χ3n) is 7.19. The molecule has 6 nitrogen and oxygen atoms in total. The van der Waals surface area contributed by atoms with Gasteiger partial charge in [-0.1, -0.05) is 0 Å². The first-order valence-corrected chi connectivity index (χ1v) is 10.9.